The number of aromatic nitrogens is 2. The van der Waals surface area contributed by atoms with Crippen LogP contribution in [0.1, 0.15) is 55.5 Å². The number of hydrogen-bond acceptors (Lipinski definition) is 4. The number of H-pyrrole nitrogens is 1. The van der Waals surface area contributed by atoms with E-state index in [2.05, 4.69) is 22.2 Å². The van der Waals surface area contributed by atoms with E-state index in [1.807, 2.05) is 30.3 Å². The molecule has 5 nitrogen and oxygen atoms in total. The minimum absolute atomic E-state index is 0.0170. The van der Waals surface area contributed by atoms with Crippen molar-refractivity contribution in [1.29, 1.82) is 0 Å². The van der Waals surface area contributed by atoms with E-state index >= 15 is 0 Å². The molecule has 1 aliphatic rings. The summed E-state index contributed by atoms with van der Waals surface area (Å²) in [7, 11) is 0. The minimum Gasteiger partial charge on any atom is -0.352 e. The molecule has 0 spiro atoms. The Bertz CT molecular complexity index is 785. The summed E-state index contributed by atoms with van der Waals surface area (Å²) in [5, 5.41) is 3.24. The molecular formula is C20H25N3O2S. The highest BCUT2D eigenvalue weighted by atomic mass is 32.2. The second-order valence-electron chi connectivity index (χ2n) is 6.69. The number of benzene rings is 1. The summed E-state index contributed by atoms with van der Waals surface area (Å²) >= 11 is 1.31. The average Bonchev–Trinajstić information content (AvgIpc) is 3.13. The molecule has 1 aromatic heterocycles. The van der Waals surface area contributed by atoms with E-state index in [-0.39, 0.29) is 17.5 Å². The first-order chi connectivity index (χ1) is 12.7. The predicted octanol–water partition coefficient (Wildman–Crippen LogP) is 3.61. The lowest BCUT2D eigenvalue weighted by atomic mass is 10.1. The number of aryl methyl sites for hydroxylation is 1. The zero-order valence-corrected chi connectivity index (χ0v) is 15.8. The Labute approximate surface area is 158 Å². The molecule has 0 aliphatic heterocycles. The zero-order chi connectivity index (χ0) is 18.4. The highest BCUT2D eigenvalue weighted by Crippen LogP contribution is 2.34. The van der Waals surface area contributed by atoms with Crippen LogP contribution in [-0.2, 0) is 11.2 Å². The van der Waals surface area contributed by atoms with Crippen molar-refractivity contribution in [1.82, 2.24) is 15.3 Å². The van der Waals surface area contributed by atoms with E-state index in [0.717, 1.165) is 36.9 Å². The van der Waals surface area contributed by atoms with Crippen LogP contribution >= 0.6 is 11.8 Å². The Balaban J connectivity index is 1.83. The van der Waals surface area contributed by atoms with Crippen LogP contribution in [0.5, 0.6) is 0 Å². The smallest absolute Gasteiger partial charge is 0.251 e. The van der Waals surface area contributed by atoms with Crippen LogP contribution in [0.3, 0.4) is 0 Å². The zero-order valence-electron chi connectivity index (χ0n) is 15.0. The molecule has 1 fully saturated rings. The Morgan fingerprint density at radius 3 is 2.73 bits per heavy atom. The Kier molecular flexibility index (Phi) is 6.50. The fraction of sp³-hybridized carbons (Fsp3) is 0.450. The largest absolute Gasteiger partial charge is 0.352 e. The number of carbonyl (C=O) groups is 1. The van der Waals surface area contributed by atoms with E-state index in [1.165, 1.54) is 30.7 Å². The third-order valence-corrected chi connectivity index (χ3v) is 5.69. The minimum atomic E-state index is -0.433. The van der Waals surface area contributed by atoms with E-state index in [0.29, 0.717) is 5.16 Å². The SMILES string of the molecule is CCCc1cc(=O)[nH]c(SC(C(=O)NC2CCCC2)c2ccccc2)n1. The summed E-state index contributed by atoms with van der Waals surface area (Å²) in [5.74, 6) is -0.0170. The first kappa shape index (κ1) is 18.7. The summed E-state index contributed by atoms with van der Waals surface area (Å²) in [4.78, 5) is 32.2. The molecule has 3 rings (SSSR count). The summed E-state index contributed by atoms with van der Waals surface area (Å²) in [5.41, 5.74) is 1.51. The molecule has 1 aliphatic carbocycles. The third-order valence-electron chi connectivity index (χ3n) is 4.55. The summed E-state index contributed by atoms with van der Waals surface area (Å²) in [6.07, 6.45) is 6.09. The first-order valence-electron chi connectivity index (χ1n) is 9.28. The summed E-state index contributed by atoms with van der Waals surface area (Å²) in [6.45, 7) is 2.05. The quantitative estimate of drug-likeness (QED) is 0.576. The van der Waals surface area contributed by atoms with Crippen molar-refractivity contribution in [3.63, 3.8) is 0 Å². The molecule has 1 amide bonds. The first-order valence-corrected chi connectivity index (χ1v) is 10.2. The van der Waals surface area contributed by atoms with Gasteiger partial charge in [-0.25, -0.2) is 4.98 Å². The monoisotopic (exact) mass is 371 g/mol. The van der Waals surface area contributed by atoms with Gasteiger partial charge in [0, 0.05) is 17.8 Å². The maximum Gasteiger partial charge on any atom is 0.251 e. The fourth-order valence-corrected chi connectivity index (χ4v) is 4.30. The highest BCUT2D eigenvalue weighted by Gasteiger charge is 2.26. The number of carbonyl (C=O) groups excluding carboxylic acids is 1. The second-order valence-corrected chi connectivity index (χ2v) is 7.78. The van der Waals surface area contributed by atoms with Crippen molar-refractivity contribution in [2.24, 2.45) is 0 Å². The number of amides is 1. The van der Waals surface area contributed by atoms with Crippen LogP contribution in [0.15, 0.2) is 46.3 Å². The van der Waals surface area contributed by atoms with Gasteiger partial charge in [0.25, 0.3) is 5.56 Å². The van der Waals surface area contributed by atoms with Gasteiger partial charge in [-0.1, -0.05) is 68.3 Å². The molecular weight excluding hydrogens is 346 g/mol. The molecule has 1 saturated carbocycles. The van der Waals surface area contributed by atoms with Crippen LogP contribution in [-0.4, -0.2) is 21.9 Å². The predicted molar refractivity (Wildman–Crippen MR) is 104 cm³/mol. The molecule has 1 aromatic carbocycles. The molecule has 138 valence electrons. The van der Waals surface area contributed by atoms with Crippen molar-refractivity contribution >= 4 is 17.7 Å². The number of thioether (sulfide) groups is 1. The lowest BCUT2D eigenvalue weighted by Crippen LogP contribution is -2.35. The van der Waals surface area contributed by atoms with Crippen molar-refractivity contribution in [3.8, 4) is 0 Å². The van der Waals surface area contributed by atoms with Gasteiger partial charge in [-0.3, -0.25) is 9.59 Å². The molecule has 0 radical (unpaired) electrons. The second kappa shape index (κ2) is 9.03. The average molecular weight is 372 g/mol. The third kappa shape index (κ3) is 4.97. The van der Waals surface area contributed by atoms with E-state index in [9.17, 15) is 9.59 Å². The van der Waals surface area contributed by atoms with Crippen molar-refractivity contribution in [3.05, 3.63) is 58.0 Å². The van der Waals surface area contributed by atoms with Crippen LogP contribution in [0, 0.1) is 0 Å². The van der Waals surface area contributed by atoms with E-state index in [4.69, 9.17) is 0 Å². The van der Waals surface area contributed by atoms with E-state index in [1.54, 1.807) is 0 Å². The number of nitrogens with zero attached hydrogens (tertiary/aromatic N) is 1. The van der Waals surface area contributed by atoms with Gasteiger partial charge in [0.05, 0.1) is 0 Å². The Morgan fingerprint density at radius 1 is 1.31 bits per heavy atom. The maximum atomic E-state index is 12.9. The van der Waals surface area contributed by atoms with Crippen molar-refractivity contribution in [2.45, 2.75) is 61.9 Å². The van der Waals surface area contributed by atoms with Gasteiger partial charge in [0.2, 0.25) is 5.91 Å². The lowest BCUT2D eigenvalue weighted by molar-refractivity contribution is -0.121. The molecule has 2 aromatic rings. The standard InChI is InChI=1S/C20H25N3O2S/c1-2-8-16-13-17(24)23-20(22-16)26-18(14-9-4-3-5-10-14)19(25)21-15-11-6-7-12-15/h3-5,9-10,13,15,18H,2,6-8,11-12H2,1H3,(H,21,25)(H,22,23,24). The Hall–Kier alpha value is -2.08. The van der Waals surface area contributed by atoms with Crippen molar-refractivity contribution < 1.29 is 4.79 Å². The molecule has 2 N–H and O–H groups in total. The molecule has 1 unspecified atom stereocenters. The van der Waals surface area contributed by atoms with E-state index < -0.39 is 5.25 Å². The van der Waals surface area contributed by atoms with Gasteiger partial charge in [-0.05, 0) is 24.8 Å². The number of rotatable bonds is 7. The van der Waals surface area contributed by atoms with Gasteiger partial charge >= 0.3 is 0 Å². The summed E-state index contributed by atoms with van der Waals surface area (Å²) < 4.78 is 0. The van der Waals surface area contributed by atoms with Crippen molar-refractivity contribution in [2.75, 3.05) is 0 Å². The van der Waals surface area contributed by atoms with Gasteiger partial charge in [0.15, 0.2) is 5.16 Å². The molecule has 1 heterocycles. The van der Waals surface area contributed by atoms with Crippen LogP contribution in [0.2, 0.25) is 0 Å². The van der Waals surface area contributed by atoms with Gasteiger partial charge in [-0.2, -0.15) is 0 Å². The topological polar surface area (TPSA) is 74.8 Å². The van der Waals surface area contributed by atoms with Gasteiger partial charge in [0.1, 0.15) is 5.25 Å². The number of nitrogens with one attached hydrogen (secondary N) is 2. The molecule has 0 bridgehead atoms. The maximum absolute atomic E-state index is 12.9. The molecule has 0 saturated heterocycles. The highest BCUT2D eigenvalue weighted by molar-refractivity contribution is 8.00. The lowest BCUT2D eigenvalue weighted by Gasteiger charge is -2.19. The molecule has 6 heteroatoms. The molecule has 26 heavy (non-hydrogen) atoms. The normalized spacial score (nSPS) is 15.7. The number of aromatic amines is 1. The van der Waals surface area contributed by atoms with Crippen LogP contribution < -0.4 is 10.9 Å². The Morgan fingerprint density at radius 2 is 2.04 bits per heavy atom. The summed E-state index contributed by atoms with van der Waals surface area (Å²) in [6, 6.07) is 11.5. The molecule has 1 atom stereocenters. The fourth-order valence-electron chi connectivity index (χ4n) is 3.28. The van der Waals surface area contributed by atoms with Crippen LogP contribution in [0.25, 0.3) is 0 Å². The number of hydrogen-bond donors (Lipinski definition) is 2. The van der Waals surface area contributed by atoms with Crippen LogP contribution in [0.4, 0.5) is 0 Å². The van der Waals surface area contributed by atoms with Gasteiger partial charge < -0.3 is 10.3 Å². The van der Waals surface area contributed by atoms with Gasteiger partial charge in [-0.15, -0.1) is 0 Å².